The van der Waals surface area contributed by atoms with Crippen LogP contribution in [0.2, 0.25) is 5.02 Å². The van der Waals surface area contributed by atoms with Crippen molar-refractivity contribution in [3.05, 3.63) is 70.3 Å². The molecule has 3 rings (SSSR count). The number of carbonyl (C=O) groups is 3. The molecule has 0 aliphatic carbocycles. The molecule has 0 saturated carbocycles. The highest BCUT2D eigenvalue weighted by molar-refractivity contribution is 6.52. The van der Waals surface area contributed by atoms with E-state index in [9.17, 15) is 14.4 Å². The summed E-state index contributed by atoms with van der Waals surface area (Å²) in [5.74, 6) is -2.27. The van der Waals surface area contributed by atoms with Crippen LogP contribution in [0.1, 0.15) is 21.5 Å². The lowest BCUT2D eigenvalue weighted by Crippen LogP contribution is -2.29. The molecular formula is C18H12ClNO4. The Hall–Kier alpha value is -2.92. The lowest BCUT2D eigenvalue weighted by Gasteiger charge is -2.16. The number of ketones is 1. The van der Waals surface area contributed by atoms with E-state index in [4.69, 9.17) is 16.7 Å². The van der Waals surface area contributed by atoms with E-state index >= 15 is 0 Å². The Morgan fingerprint density at radius 3 is 2.50 bits per heavy atom. The number of hydrogen-bond acceptors (Lipinski definition) is 3. The molecule has 2 aromatic carbocycles. The number of hydrogen-bond donors (Lipinski definition) is 1. The Balaban J connectivity index is 1.92. The average Bonchev–Trinajstić information content (AvgIpc) is 2.80. The number of Topliss-reactive ketones (excluding diaryl/α,β-unsaturated/α-hetero) is 1. The van der Waals surface area contributed by atoms with Crippen molar-refractivity contribution in [2.24, 2.45) is 0 Å². The van der Waals surface area contributed by atoms with Crippen LogP contribution in [0.5, 0.6) is 0 Å². The van der Waals surface area contributed by atoms with Gasteiger partial charge in [0.25, 0.3) is 11.7 Å². The molecule has 6 heteroatoms. The van der Waals surface area contributed by atoms with Crippen molar-refractivity contribution in [1.82, 2.24) is 0 Å². The molecule has 1 amide bonds. The Kier molecular flexibility index (Phi) is 4.18. The zero-order chi connectivity index (χ0) is 17.3. The SMILES string of the molecule is O=C(O)/C=C/c1ccc2c(c1)C(=O)C(=O)N2Cc1ccc(Cl)cc1. The maximum absolute atomic E-state index is 12.2. The third kappa shape index (κ3) is 3.07. The summed E-state index contributed by atoms with van der Waals surface area (Å²) in [4.78, 5) is 36.4. The first-order valence-corrected chi connectivity index (χ1v) is 7.49. The second kappa shape index (κ2) is 6.29. The van der Waals surface area contributed by atoms with Crippen molar-refractivity contribution in [2.45, 2.75) is 6.54 Å². The number of fused-ring (bicyclic) bond motifs is 1. The second-order valence-corrected chi connectivity index (χ2v) is 5.73. The molecule has 1 N–H and O–H groups in total. The highest BCUT2D eigenvalue weighted by Crippen LogP contribution is 2.31. The molecule has 1 heterocycles. The lowest BCUT2D eigenvalue weighted by molar-refractivity contribution is -0.131. The first-order valence-electron chi connectivity index (χ1n) is 7.11. The van der Waals surface area contributed by atoms with Crippen molar-refractivity contribution in [3.63, 3.8) is 0 Å². The third-order valence-corrected chi connectivity index (χ3v) is 3.92. The maximum atomic E-state index is 12.2. The second-order valence-electron chi connectivity index (χ2n) is 5.30. The van der Waals surface area contributed by atoms with E-state index in [1.165, 1.54) is 17.0 Å². The van der Waals surface area contributed by atoms with E-state index in [0.29, 0.717) is 16.3 Å². The molecule has 120 valence electrons. The quantitative estimate of drug-likeness (QED) is 0.684. The third-order valence-electron chi connectivity index (χ3n) is 3.67. The molecule has 0 atom stereocenters. The van der Waals surface area contributed by atoms with E-state index in [2.05, 4.69) is 0 Å². The van der Waals surface area contributed by atoms with Gasteiger partial charge in [-0.1, -0.05) is 29.8 Å². The number of anilines is 1. The normalized spacial score (nSPS) is 13.6. The smallest absolute Gasteiger partial charge is 0.328 e. The van der Waals surface area contributed by atoms with Gasteiger partial charge in [-0.2, -0.15) is 0 Å². The predicted octanol–water partition coefficient (Wildman–Crippen LogP) is 3.17. The van der Waals surface area contributed by atoms with Gasteiger partial charge < -0.3 is 10.0 Å². The Morgan fingerprint density at radius 2 is 1.83 bits per heavy atom. The zero-order valence-electron chi connectivity index (χ0n) is 12.4. The number of nitrogens with zero attached hydrogens (tertiary/aromatic N) is 1. The summed E-state index contributed by atoms with van der Waals surface area (Å²) >= 11 is 5.85. The molecule has 1 aliphatic heterocycles. The minimum atomic E-state index is -1.08. The molecule has 24 heavy (non-hydrogen) atoms. The van der Waals surface area contributed by atoms with E-state index in [-0.39, 0.29) is 12.1 Å². The lowest BCUT2D eigenvalue weighted by atomic mass is 10.1. The van der Waals surface area contributed by atoms with Crippen LogP contribution in [-0.4, -0.2) is 22.8 Å². The summed E-state index contributed by atoms with van der Waals surface area (Å²) in [6.07, 6.45) is 2.36. The van der Waals surface area contributed by atoms with Gasteiger partial charge >= 0.3 is 5.97 Å². The number of carbonyl (C=O) groups excluding carboxylic acids is 2. The van der Waals surface area contributed by atoms with Gasteiger partial charge in [0.2, 0.25) is 0 Å². The van der Waals surface area contributed by atoms with Crippen LogP contribution in [0.4, 0.5) is 5.69 Å². The first kappa shape index (κ1) is 16.0. The largest absolute Gasteiger partial charge is 0.478 e. The molecule has 0 aromatic heterocycles. The summed E-state index contributed by atoms with van der Waals surface area (Å²) in [6.45, 7) is 0.263. The molecule has 1 aliphatic rings. The van der Waals surface area contributed by atoms with Gasteiger partial charge in [0.1, 0.15) is 0 Å². The van der Waals surface area contributed by atoms with Crippen LogP contribution < -0.4 is 4.90 Å². The summed E-state index contributed by atoms with van der Waals surface area (Å²) in [6, 6.07) is 11.9. The van der Waals surface area contributed by atoms with E-state index < -0.39 is 17.7 Å². The van der Waals surface area contributed by atoms with Crippen molar-refractivity contribution in [1.29, 1.82) is 0 Å². The van der Waals surface area contributed by atoms with Crippen LogP contribution in [0.3, 0.4) is 0 Å². The van der Waals surface area contributed by atoms with Crippen molar-refractivity contribution >= 4 is 41.0 Å². The summed E-state index contributed by atoms with van der Waals surface area (Å²) < 4.78 is 0. The number of carboxylic acid groups (broad SMARTS) is 1. The first-order chi connectivity index (χ1) is 11.5. The van der Waals surface area contributed by atoms with Gasteiger partial charge in [0.15, 0.2) is 0 Å². The topological polar surface area (TPSA) is 74.7 Å². The minimum Gasteiger partial charge on any atom is -0.478 e. The van der Waals surface area contributed by atoms with Gasteiger partial charge in [-0.15, -0.1) is 0 Å². The van der Waals surface area contributed by atoms with Gasteiger partial charge in [-0.3, -0.25) is 9.59 Å². The highest BCUT2D eigenvalue weighted by atomic mass is 35.5. The fraction of sp³-hybridized carbons (Fsp3) is 0.0556. The summed E-state index contributed by atoms with van der Waals surface area (Å²) in [5, 5.41) is 9.26. The Morgan fingerprint density at radius 1 is 1.12 bits per heavy atom. The zero-order valence-corrected chi connectivity index (χ0v) is 13.2. The van der Waals surface area contributed by atoms with E-state index in [0.717, 1.165) is 11.6 Å². The molecule has 0 unspecified atom stereocenters. The Labute approximate surface area is 142 Å². The number of amides is 1. The average molecular weight is 342 g/mol. The van der Waals surface area contributed by atoms with Crippen LogP contribution in [0.25, 0.3) is 6.08 Å². The summed E-state index contributed by atoms with van der Waals surface area (Å²) in [5.41, 5.74) is 2.20. The standard InChI is InChI=1S/C18H12ClNO4/c19-13-5-1-12(2-6-13)10-20-15-7-3-11(4-8-16(21)22)9-14(15)17(23)18(20)24/h1-9H,10H2,(H,21,22)/b8-4+. The number of benzene rings is 2. The fourth-order valence-corrected chi connectivity index (χ4v) is 2.64. The van der Waals surface area contributed by atoms with Gasteiger partial charge in [0, 0.05) is 11.1 Å². The summed E-state index contributed by atoms with van der Waals surface area (Å²) in [7, 11) is 0. The Bertz CT molecular complexity index is 871. The number of aliphatic carboxylic acids is 1. The predicted molar refractivity (Wildman–Crippen MR) is 90.1 cm³/mol. The molecule has 0 saturated heterocycles. The molecule has 0 bridgehead atoms. The molecular weight excluding hydrogens is 330 g/mol. The van der Waals surface area contributed by atoms with Crippen LogP contribution >= 0.6 is 11.6 Å². The van der Waals surface area contributed by atoms with Gasteiger partial charge in [-0.05, 0) is 41.5 Å². The van der Waals surface area contributed by atoms with Crippen molar-refractivity contribution in [2.75, 3.05) is 4.90 Å². The van der Waals surface area contributed by atoms with Crippen molar-refractivity contribution < 1.29 is 19.5 Å². The van der Waals surface area contributed by atoms with Crippen LogP contribution in [-0.2, 0) is 16.1 Å². The minimum absolute atomic E-state index is 0.263. The molecule has 5 nitrogen and oxygen atoms in total. The van der Waals surface area contributed by atoms with E-state index in [1.807, 2.05) is 0 Å². The monoisotopic (exact) mass is 341 g/mol. The highest BCUT2D eigenvalue weighted by Gasteiger charge is 2.35. The van der Waals surface area contributed by atoms with E-state index in [1.54, 1.807) is 36.4 Å². The molecule has 0 radical (unpaired) electrons. The molecule has 0 fully saturated rings. The van der Waals surface area contributed by atoms with Gasteiger partial charge in [0.05, 0.1) is 17.8 Å². The number of halogens is 1. The fourth-order valence-electron chi connectivity index (χ4n) is 2.52. The molecule has 2 aromatic rings. The van der Waals surface area contributed by atoms with Crippen LogP contribution in [0, 0.1) is 0 Å². The van der Waals surface area contributed by atoms with Crippen LogP contribution in [0.15, 0.2) is 48.5 Å². The molecule has 0 spiro atoms. The van der Waals surface area contributed by atoms with Gasteiger partial charge in [-0.25, -0.2) is 4.79 Å². The number of carboxylic acids is 1. The maximum Gasteiger partial charge on any atom is 0.328 e. The van der Waals surface area contributed by atoms with Crippen molar-refractivity contribution in [3.8, 4) is 0 Å². The number of rotatable bonds is 4.